The van der Waals surface area contributed by atoms with Gasteiger partial charge in [0.1, 0.15) is 0 Å². The molecule has 1 aromatic heterocycles. The molecule has 0 atom stereocenters. The largest absolute Gasteiger partial charge is 0.339 e. The van der Waals surface area contributed by atoms with Crippen molar-refractivity contribution in [1.82, 2.24) is 9.88 Å². The van der Waals surface area contributed by atoms with Crippen molar-refractivity contribution in [2.24, 2.45) is 11.3 Å². The smallest absolute Gasteiger partial charge is 0.257 e. The van der Waals surface area contributed by atoms with Crippen LogP contribution in [-0.2, 0) is 0 Å². The number of nitrogens with two attached hydrogens (primary N) is 1. The van der Waals surface area contributed by atoms with E-state index in [4.69, 9.17) is 5.84 Å². The van der Waals surface area contributed by atoms with Crippen molar-refractivity contribution in [1.29, 1.82) is 0 Å². The van der Waals surface area contributed by atoms with Crippen molar-refractivity contribution in [2.45, 2.75) is 33.1 Å². The van der Waals surface area contributed by atoms with E-state index in [9.17, 15) is 9.18 Å². The Balaban J connectivity index is 2.13. The van der Waals surface area contributed by atoms with E-state index in [0.29, 0.717) is 13.1 Å². The Hall–Kier alpha value is -1.69. The van der Waals surface area contributed by atoms with Crippen molar-refractivity contribution in [3.05, 3.63) is 23.6 Å². The van der Waals surface area contributed by atoms with E-state index in [1.807, 2.05) is 0 Å². The van der Waals surface area contributed by atoms with E-state index in [2.05, 4.69) is 24.3 Å². The molecule has 0 spiro atoms. The summed E-state index contributed by atoms with van der Waals surface area (Å²) in [5.74, 6) is 4.09. The highest BCUT2D eigenvalue weighted by atomic mass is 19.1. The molecule has 6 heteroatoms. The molecular weight excluding hydrogens is 259 g/mol. The van der Waals surface area contributed by atoms with Crippen LogP contribution in [0.15, 0.2) is 12.3 Å². The fraction of sp³-hybridized carbons (Fsp3) is 0.571. The number of piperidine rings is 1. The van der Waals surface area contributed by atoms with E-state index in [0.717, 1.165) is 19.3 Å². The highest BCUT2D eigenvalue weighted by Crippen LogP contribution is 2.34. The van der Waals surface area contributed by atoms with Crippen molar-refractivity contribution in [3.63, 3.8) is 0 Å². The molecule has 5 nitrogen and oxygen atoms in total. The minimum atomic E-state index is -0.691. The second kappa shape index (κ2) is 5.75. The first-order valence-corrected chi connectivity index (χ1v) is 6.91. The molecule has 0 aliphatic carbocycles. The molecule has 1 amide bonds. The quantitative estimate of drug-likeness (QED) is 0.657. The normalized spacial score (nSPS) is 17.9. The van der Waals surface area contributed by atoms with E-state index >= 15 is 0 Å². The molecule has 1 fully saturated rings. The number of hydrogen-bond donors (Lipinski definition) is 2. The van der Waals surface area contributed by atoms with Crippen molar-refractivity contribution in [3.8, 4) is 0 Å². The van der Waals surface area contributed by atoms with Crippen LogP contribution in [0.5, 0.6) is 0 Å². The lowest BCUT2D eigenvalue weighted by Gasteiger charge is -2.39. The summed E-state index contributed by atoms with van der Waals surface area (Å²) in [6.45, 7) is 5.73. The highest BCUT2D eigenvalue weighted by molar-refractivity contribution is 5.95. The van der Waals surface area contributed by atoms with Crippen molar-refractivity contribution in [2.75, 3.05) is 18.5 Å². The molecule has 110 valence electrons. The third-order valence-electron chi connectivity index (χ3n) is 4.37. The predicted molar refractivity (Wildman–Crippen MR) is 75.5 cm³/mol. The van der Waals surface area contributed by atoms with Crippen molar-refractivity contribution < 1.29 is 9.18 Å². The first-order chi connectivity index (χ1) is 9.50. The minimum absolute atomic E-state index is 0.0213. The SMILES string of the molecule is CCC1(C)CCN(C(=O)c2ccnc(NN)c2F)CC1. The summed E-state index contributed by atoms with van der Waals surface area (Å²) in [5.41, 5.74) is 2.47. The van der Waals surface area contributed by atoms with Gasteiger partial charge in [-0.1, -0.05) is 20.3 Å². The number of pyridine rings is 1. The first kappa shape index (κ1) is 14.7. The Morgan fingerprint density at radius 3 is 2.75 bits per heavy atom. The highest BCUT2D eigenvalue weighted by Gasteiger charge is 2.31. The molecule has 1 aliphatic heterocycles. The number of hydrogen-bond acceptors (Lipinski definition) is 4. The molecule has 0 aromatic carbocycles. The minimum Gasteiger partial charge on any atom is -0.339 e. The van der Waals surface area contributed by atoms with Gasteiger partial charge in [0.15, 0.2) is 11.6 Å². The van der Waals surface area contributed by atoms with Crippen LogP contribution in [-0.4, -0.2) is 28.9 Å². The number of aromatic nitrogens is 1. The lowest BCUT2D eigenvalue weighted by molar-refractivity contribution is 0.0596. The van der Waals surface area contributed by atoms with Gasteiger partial charge >= 0.3 is 0 Å². The second-order valence-electron chi connectivity index (χ2n) is 5.62. The lowest BCUT2D eigenvalue weighted by Crippen LogP contribution is -2.42. The zero-order valence-corrected chi connectivity index (χ0v) is 11.9. The summed E-state index contributed by atoms with van der Waals surface area (Å²) < 4.78 is 14.0. The number of nitrogen functional groups attached to an aromatic ring is 1. The average Bonchev–Trinajstić information content (AvgIpc) is 2.47. The Bertz CT molecular complexity index is 498. The molecule has 1 saturated heterocycles. The molecule has 0 bridgehead atoms. The number of carbonyl (C=O) groups excluding carboxylic acids is 1. The molecule has 0 unspecified atom stereocenters. The van der Waals surface area contributed by atoms with Gasteiger partial charge in [0.05, 0.1) is 5.56 Å². The van der Waals surface area contributed by atoms with Crippen LogP contribution in [0.25, 0.3) is 0 Å². The van der Waals surface area contributed by atoms with E-state index in [1.165, 1.54) is 12.3 Å². The number of halogens is 1. The summed E-state index contributed by atoms with van der Waals surface area (Å²) in [6, 6.07) is 1.39. The van der Waals surface area contributed by atoms with Gasteiger partial charge in [0, 0.05) is 19.3 Å². The topological polar surface area (TPSA) is 71.2 Å². The second-order valence-corrected chi connectivity index (χ2v) is 5.62. The molecule has 3 N–H and O–H groups in total. The van der Waals surface area contributed by atoms with Gasteiger partial charge < -0.3 is 10.3 Å². The maximum absolute atomic E-state index is 14.0. The summed E-state index contributed by atoms with van der Waals surface area (Å²) in [5, 5.41) is 0. The first-order valence-electron chi connectivity index (χ1n) is 6.91. The fourth-order valence-electron chi connectivity index (χ4n) is 2.48. The van der Waals surface area contributed by atoms with E-state index < -0.39 is 5.82 Å². The van der Waals surface area contributed by atoms with Gasteiger partial charge in [-0.2, -0.15) is 0 Å². The number of anilines is 1. The summed E-state index contributed by atoms with van der Waals surface area (Å²) >= 11 is 0. The van der Waals surface area contributed by atoms with E-state index in [-0.39, 0.29) is 22.7 Å². The molecule has 1 aromatic rings. The Morgan fingerprint density at radius 1 is 1.55 bits per heavy atom. The van der Waals surface area contributed by atoms with Crippen LogP contribution in [0.3, 0.4) is 0 Å². The Kier molecular flexibility index (Phi) is 4.23. The molecule has 2 rings (SSSR count). The zero-order valence-electron chi connectivity index (χ0n) is 11.9. The fourth-order valence-corrected chi connectivity index (χ4v) is 2.48. The maximum atomic E-state index is 14.0. The third kappa shape index (κ3) is 2.75. The van der Waals surface area contributed by atoms with Gasteiger partial charge in [-0.15, -0.1) is 0 Å². The van der Waals surface area contributed by atoms with Crippen LogP contribution in [0, 0.1) is 11.2 Å². The van der Waals surface area contributed by atoms with Gasteiger partial charge in [-0.3, -0.25) is 4.79 Å². The van der Waals surface area contributed by atoms with Crippen LogP contribution >= 0.6 is 0 Å². The van der Waals surface area contributed by atoms with Crippen molar-refractivity contribution >= 4 is 11.7 Å². The third-order valence-corrected chi connectivity index (χ3v) is 4.37. The number of nitrogens with one attached hydrogen (secondary N) is 1. The number of hydrazine groups is 1. The molecule has 1 aliphatic rings. The number of nitrogens with zero attached hydrogens (tertiary/aromatic N) is 2. The van der Waals surface area contributed by atoms with Gasteiger partial charge in [0.2, 0.25) is 0 Å². The molecule has 0 saturated carbocycles. The van der Waals surface area contributed by atoms with Gasteiger partial charge in [0.25, 0.3) is 5.91 Å². The standard InChI is InChI=1S/C14H21FN4O/c1-3-14(2)5-8-19(9-6-14)13(20)10-4-7-17-12(18-16)11(10)15/h4,7H,3,5-6,8-9,16H2,1-2H3,(H,17,18). The van der Waals surface area contributed by atoms with Crippen LogP contribution in [0.4, 0.5) is 10.2 Å². The van der Waals surface area contributed by atoms with Crippen LogP contribution in [0.2, 0.25) is 0 Å². The molecular formula is C14H21FN4O. The van der Waals surface area contributed by atoms with Crippen LogP contribution in [0.1, 0.15) is 43.5 Å². The summed E-state index contributed by atoms with van der Waals surface area (Å²) in [4.78, 5) is 17.8. The van der Waals surface area contributed by atoms with Gasteiger partial charge in [-0.25, -0.2) is 15.2 Å². The molecule has 2 heterocycles. The zero-order chi connectivity index (χ0) is 14.8. The maximum Gasteiger partial charge on any atom is 0.257 e. The monoisotopic (exact) mass is 280 g/mol. The number of amides is 1. The Labute approximate surface area is 118 Å². The Morgan fingerprint density at radius 2 is 2.20 bits per heavy atom. The molecule has 0 radical (unpaired) electrons. The number of likely N-dealkylation sites (tertiary alicyclic amines) is 1. The summed E-state index contributed by atoms with van der Waals surface area (Å²) in [6.07, 6.45) is 4.37. The van der Waals surface area contributed by atoms with Crippen LogP contribution < -0.4 is 11.3 Å². The average molecular weight is 280 g/mol. The number of carbonyl (C=O) groups is 1. The van der Waals surface area contributed by atoms with Gasteiger partial charge in [-0.05, 0) is 24.3 Å². The predicted octanol–water partition coefficient (Wildman–Crippen LogP) is 2.16. The molecule has 20 heavy (non-hydrogen) atoms. The summed E-state index contributed by atoms with van der Waals surface area (Å²) in [7, 11) is 0. The lowest BCUT2D eigenvalue weighted by atomic mass is 9.78. The van der Waals surface area contributed by atoms with E-state index in [1.54, 1.807) is 4.90 Å². The number of rotatable bonds is 3.